The molecular formula is C16H27ClN2O4S. The van der Waals surface area contributed by atoms with Gasteiger partial charge in [0.1, 0.15) is 5.75 Å². The molecule has 0 radical (unpaired) electrons. The number of nitrogens with one attached hydrogen (secondary N) is 1. The molecule has 0 atom stereocenters. The fourth-order valence-electron chi connectivity index (χ4n) is 1.85. The molecule has 0 aromatic heterocycles. The molecule has 1 rings (SSSR count). The predicted octanol–water partition coefficient (Wildman–Crippen LogP) is 1.91. The highest BCUT2D eigenvalue weighted by atomic mass is 35.5. The Labute approximate surface area is 150 Å². The van der Waals surface area contributed by atoms with Crippen LogP contribution in [-0.4, -0.2) is 39.3 Å². The van der Waals surface area contributed by atoms with Crippen LogP contribution in [0.3, 0.4) is 0 Å². The lowest BCUT2D eigenvalue weighted by atomic mass is 10.1. The first-order chi connectivity index (χ1) is 10.6. The zero-order chi connectivity index (χ0) is 17.5. The third kappa shape index (κ3) is 8.52. The second kappa shape index (κ2) is 9.86. The number of amides is 1. The number of nitrogens with two attached hydrogens (primary N) is 1. The molecule has 1 aromatic rings. The van der Waals surface area contributed by atoms with E-state index in [4.69, 9.17) is 10.5 Å². The number of ether oxygens (including phenoxy) is 1. The Balaban J connectivity index is 0.00000529. The predicted molar refractivity (Wildman–Crippen MR) is 97.4 cm³/mol. The van der Waals surface area contributed by atoms with Crippen LogP contribution >= 0.6 is 12.4 Å². The maximum atomic E-state index is 11.7. The summed E-state index contributed by atoms with van der Waals surface area (Å²) in [5.41, 5.74) is 5.18. The van der Waals surface area contributed by atoms with Crippen LogP contribution in [0.2, 0.25) is 0 Å². The van der Waals surface area contributed by atoms with Crippen molar-refractivity contribution in [3.8, 4) is 5.75 Å². The van der Waals surface area contributed by atoms with Crippen molar-refractivity contribution in [3.63, 3.8) is 0 Å². The summed E-state index contributed by atoms with van der Waals surface area (Å²) >= 11 is 0. The third-order valence-corrected chi connectivity index (χ3v) is 4.44. The molecule has 0 saturated heterocycles. The lowest BCUT2D eigenvalue weighted by Gasteiger charge is -2.24. The SMILES string of the molecule is CC(C)(CN)NC(=O)CCCCOc1ccc(S(C)(=O)=O)cc1.Cl. The van der Waals surface area contributed by atoms with Gasteiger partial charge in [-0.25, -0.2) is 8.42 Å². The molecule has 1 amide bonds. The van der Waals surface area contributed by atoms with Gasteiger partial charge < -0.3 is 15.8 Å². The molecule has 1 aromatic carbocycles. The first kappa shape index (κ1) is 22.7. The lowest BCUT2D eigenvalue weighted by Crippen LogP contribution is -2.48. The highest BCUT2D eigenvalue weighted by Crippen LogP contribution is 2.16. The quantitative estimate of drug-likeness (QED) is 0.639. The largest absolute Gasteiger partial charge is 0.494 e. The van der Waals surface area contributed by atoms with Gasteiger partial charge in [-0.05, 0) is 51.0 Å². The average Bonchev–Trinajstić information content (AvgIpc) is 2.46. The molecule has 0 unspecified atom stereocenters. The molecular weight excluding hydrogens is 352 g/mol. The van der Waals surface area contributed by atoms with Gasteiger partial charge in [-0.3, -0.25) is 4.79 Å². The number of benzene rings is 1. The van der Waals surface area contributed by atoms with Gasteiger partial charge in [-0.1, -0.05) is 0 Å². The number of sulfone groups is 1. The number of hydrogen-bond donors (Lipinski definition) is 2. The van der Waals surface area contributed by atoms with Crippen molar-refractivity contribution < 1.29 is 17.9 Å². The molecule has 138 valence electrons. The Morgan fingerprint density at radius 1 is 1.21 bits per heavy atom. The summed E-state index contributed by atoms with van der Waals surface area (Å²) in [6, 6.07) is 6.31. The van der Waals surface area contributed by atoms with Crippen molar-refractivity contribution in [2.75, 3.05) is 19.4 Å². The minimum Gasteiger partial charge on any atom is -0.494 e. The average molecular weight is 379 g/mol. The van der Waals surface area contributed by atoms with Crippen LogP contribution in [-0.2, 0) is 14.6 Å². The summed E-state index contributed by atoms with van der Waals surface area (Å²) in [6.45, 7) is 4.64. The van der Waals surface area contributed by atoms with E-state index < -0.39 is 9.84 Å². The second-order valence-corrected chi connectivity index (χ2v) is 8.20. The minimum atomic E-state index is -3.18. The smallest absolute Gasteiger partial charge is 0.220 e. The maximum absolute atomic E-state index is 11.7. The van der Waals surface area contributed by atoms with E-state index in [-0.39, 0.29) is 28.7 Å². The topological polar surface area (TPSA) is 98.5 Å². The first-order valence-electron chi connectivity index (χ1n) is 7.58. The number of unbranched alkanes of at least 4 members (excludes halogenated alkanes) is 1. The minimum absolute atomic E-state index is 0. The van der Waals surface area contributed by atoms with Crippen molar-refractivity contribution in [2.45, 2.75) is 43.5 Å². The summed E-state index contributed by atoms with van der Waals surface area (Å²) in [7, 11) is -3.18. The molecule has 0 aliphatic heterocycles. The van der Waals surface area contributed by atoms with Crippen molar-refractivity contribution in [3.05, 3.63) is 24.3 Å². The number of halogens is 1. The van der Waals surface area contributed by atoms with Gasteiger partial charge >= 0.3 is 0 Å². The van der Waals surface area contributed by atoms with Gasteiger partial charge in [-0.2, -0.15) is 0 Å². The fourth-order valence-corrected chi connectivity index (χ4v) is 2.48. The van der Waals surface area contributed by atoms with Gasteiger partial charge in [0.15, 0.2) is 9.84 Å². The summed E-state index contributed by atoms with van der Waals surface area (Å²) in [5.74, 6) is 0.601. The number of hydrogen-bond acceptors (Lipinski definition) is 5. The van der Waals surface area contributed by atoms with E-state index in [1.165, 1.54) is 18.4 Å². The van der Waals surface area contributed by atoms with Crippen LogP contribution in [0.5, 0.6) is 5.75 Å². The van der Waals surface area contributed by atoms with Crippen LogP contribution in [0.1, 0.15) is 33.1 Å². The fraction of sp³-hybridized carbons (Fsp3) is 0.562. The highest BCUT2D eigenvalue weighted by molar-refractivity contribution is 7.90. The molecule has 0 aliphatic carbocycles. The number of carbonyl (C=O) groups is 1. The van der Waals surface area contributed by atoms with Crippen molar-refractivity contribution >= 4 is 28.2 Å². The van der Waals surface area contributed by atoms with E-state index in [1.54, 1.807) is 12.1 Å². The Kier molecular flexibility index (Phi) is 9.32. The van der Waals surface area contributed by atoms with Gasteiger partial charge in [0.05, 0.1) is 11.5 Å². The van der Waals surface area contributed by atoms with Gasteiger partial charge in [0, 0.05) is 24.8 Å². The standard InChI is InChI=1S/C16H26N2O4S.ClH/c1-16(2,12-17)18-15(19)6-4-5-11-22-13-7-9-14(10-8-13)23(3,20)21;/h7-10H,4-6,11-12,17H2,1-3H3,(H,18,19);1H. The summed E-state index contributed by atoms with van der Waals surface area (Å²) in [4.78, 5) is 12.0. The van der Waals surface area contributed by atoms with Gasteiger partial charge in [-0.15, -0.1) is 12.4 Å². The molecule has 24 heavy (non-hydrogen) atoms. The van der Waals surface area contributed by atoms with Crippen molar-refractivity contribution in [2.24, 2.45) is 5.73 Å². The third-order valence-electron chi connectivity index (χ3n) is 3.31. The molecule has 0 spiro atoms. The second-order valence-electron chi connectivity index (χ2n) is 6.19. The zero-order valence-electron chi connectivity index (χ0n) is 14.4. The maximum Gasteiger partial charge on any atom is 0.220 e. The number of carbonyl (C=O) groups excluding carboxylic acids is 1. The molecule has 0 fully saturated rings. The van der Waals surface area contributed by atoms with Crippen LogP contribution in [0.4, 0.5) is 0 Å². The van der Waals surface area contributed by atoms with Gasteiger partial charge in [0.2, 0.25) is 5.91 Å². The van der Waals surface area contributed by atoms with Crippen LogP contribution in [0.15, 0.2) is 29.2 Å². The molecule has 6 nitrogen and oxygen atoms in total. The van der Waals surface area contributed by atoms with Crippen molar-refractivity contribution in [1.82, 2.24) is 5.32 Å². The van der Waals surface area contributed by atoms with E-state index in [0.717, 1.165) is 6.42 Å². The highest BCUT2D eigenvalue weighted by Gasteiger charge is 2.17. The first-order valence-corrected chi connectivity index (χ1v) is 9.47. The molecule has 0 saturated carbocycles. The molecule has 0 aliphatic rings. The van der Waals surface area contributed by atoms with E-state index >= 15 is 0 Å². The Hall–Kier alpha value is -1.31. The number of rotatable bonds is 9. The monoisotopic (exact) mass is 378 g/mol. The summed E-state index contributed by atoms with van der Waals surface area (Å²) in [5, 5.41) is 2.87. The molecule has 3 N–H and O–H groups in total. The zero-order valence-corrected chi connectivity index (χ0v) is 16.0. The molecule has 0 bridgehead atoms. The van der Waals surface area contributed by atoms with Crippen LogP contribution < -0.4 is 15.8 Å². The van der Waals surface area contributed by atoms with E-state index in [1.807, 2.05) is 13.8 Å². The van der Waals surface area contributed by atoms with Crippen molar-refractivity contribution in [1.29, 1.82) is 0 Å². The lowest BCUT2D eigenvalue weighted by molar-refractivity contribution is -0.122. The Bertz CT molecular complexity index is 615. The molecule has 0 heterocycles. The normalized spacial score (nSPS) is 11.5. The Morgan fingerprint density at radius 3 is 2.29 bits per heavy atom. The summed E-state index contributed by atoms with van der Waals surface area (Å²) in [6.07, 6.45) is 3.05. The van der Waals surface area contributed by atoms with E-state index in [0.29, 0.717) is 31.7 Å². The van der Waals surface area contributed by atoms with Gasteiger partial charge in [0.25, 0.3) is 0 Å². The Morgan fingerprint density at radius 2 is 1.79 bits per heavy atom. The van der Waals surface area contributed by atoms with Crippen LogP contribution in [0, 0.1) is 0 Å². The summed E-state index contributed by atoms with van der Waals surface area (Å²) < 4.78 is 28.2. The molecule has 8 heteroatoms. The van der Waals surface area contributed by atoms with E-state index in [9.17, 15) is 13.2 Å². The van der Waals surface area contributed by atoms with E-state index in [2.05, 4.69) is 5.32 Å². The van der Waals surface area contributed by atoms with Crippen LogP contribution in [0.25, 0.3) is 0 Å².